The molecule has 0 radical (unpaired) electrons. The van der Waals surface area contributed by atoms with Crippen LogP contribution in [0, 0.1) is 12.8 Å². The van der Waals surface area contributed by atoms with Crippen LogP contribution in [0.4, 0.5) is 5.82 Å². The highest BCUT2D eigenvalue weighted by Gasteiger charge is 2.03. The molecule has 0 bridgehead atoms. The molecular formula is C13H20N4O. The van der Waals surface area contributed by atoms with Crippen molar-refractivity contribution in [3.8, 4) is 0 Å². The van der Waals surface area contributed by atoms with Crippen LogP contribution in [0.2, 0.25) is 0 Å². The molecule has 0 unspecified atom stereocenters. The number of rotatable bonds is 6. The number of hydrogen-bond acceptors (Lipinski definition) is 4. The van der Waals surface area contributed by atoms with Gasteiger partial charge in [-0.1, -0.05) is 13.8 Å². The van der Waals surface area contributed by atoms with Gasteiger partial charge in [-0.05, 0) is 30.5 Å². The van der Waals surface area contributed by atoms with Gasteiger partial charge in [0.05, 0.1) is 6.61 Å². The van der Waals surface area contributed by atoms with E-state index in [1.54, 1.807) is 10.8 Å². The number of pyridine rings is 1. The molecule has 0 aliphatic heterocycles. The van der Waals surface area contributed by atoms with Crippen LogP contribution >= 0.6 is 0 Å². The van der Waals surface area contributed by atoms with Crippen molar-refractivity contribution in [2.24, 2.45) is 5.92 Å². The molecule has 0 aliphatic carbocycles. The molecule has 1 N–H and O–H groups in total. The molecule has 0 saturated heterocycles. The van der Waals surface area contributed by atoms with Crippen LogP contribution in [0.3, 0.4) is 0 Å². The molecule has 0 fully saturated rings. The Hall–Kier alpha value is -1.62. The molecule has 5 heteroatoms. The van der Waals surface area contributed by atoms with Gasteiger partial charge in [0, 0.05) is 13.2 Å². The van der Waals surface area contributed by atoms with Gasteiger partial charge < -0.3 is 10.1 Å². The fourth-order valence-corrected chi connectivity index (χ4v) is 1.75. The summed E-state index contributed by atoms with van der Waals surface area (Å²) in [5.41, 5.74) is 2.03. The molecule has 2 aromatic heterocycles. The van der Waals surface area contributed by atoms with Crippen LogP contribution in [-0.2, 0) is 4.74 Å². The molecule has 0 amide bonds. The summed E-state index contributed by atoms with van der Waals surface area (Å²) in [5, 5.41) is 7.51. The Morgan fingerprint density at radius 2 is 2.22 bits per heavy atom. The predicted molar refractivity (Wildman–Crippen MR) is 71.9 cm³/mol. The van der Waals surface area contributed by atoms with Crippen molar-refractivity contribution < 1.29 is 4.74 Å². The van der Waals surface area contributed by atoms with E-state index < -0.39 is 0 Å². The van der Waals surface area contributed by atoms with Gasteiger partial charge in [0.15, 0.2) is 5.65 Å². The third kappa shape index (κ3) is 3.20. The highest BCUT2D eigenvalue weighted by molar-refractivity contribution is 5.51. The monoisotopic (exact) mass is 248 g/mol. The van der Waals surface area contributed by atoms with E-state index >= 15 is 0 Å². The van der Waals surface area contributed by atoms with Gasteiger partial charge in [-0.3, -0.25) is 0 Å². The minimum Gasteiger partial charge on any atom is -0.379 e. The Labute approximate surface area is 107 Å². The Morgan fingerprint density at radius 3 is 3.00 bits per heavy atom. The minimum absolute atomic E-state index is 0.575. The number of nitrogens with zero attached hydrogens (tertiary/aromatic N) is 3. The first-order chi connectivity index (χ1) is 8.66. The summed E-state index contributed by atoms with van der Waals surface area (Å²) in [5.74, 6) is 1.53. The second-order valence-electron chi connectivity index (χ2n) is 4.84. The first kappa shape index (κ1) is 12.8. The van der Waals surface area contributed by atoms with Crippen molar-refractivity contribution in [2.45, 2.75) is 20.8 Å². The van der Waals surface area contributed by atoms with E-state index in [1.165, 1.54) is 5.56 Å². The maximum atomic E-state index is 5.53. The number of anilines is 1. The largest absolute Gasteiger partial charge is 0.379 e. The number of nitrogens with one attached hydrogen (secondary N) is 1. The summed E-state index contributed by atoms with van der Waals surface area (Å²) in [6.45, 7) is 8.61. The van der Waals surface area contributed by atoms with E-state index in [9.17, 15) is 0 Å². The van der Waals surface area contributed by atoms with Crippen molar-refractivity contribution >= 4 is 11.5 Å². The van der Waals surface area contributed by atoms with Gasteiger partial charge in [-0.25, -0.2) is 4.98 Å². The highest BCUT2D eigenvalue weighted by atomic mass is 16.5. The third-order valence-electron chi connectivity index (χ3n) is 2.53. The topological polar surface area (TPSA) is 51.5 Å². The summed E-state index contributed by atoms with van der Waals surface area (Å²) < 4.78 is 7.33. The van der Waals surface area contributed by atoms with Crippen molar-refractivity contribution in [1.82, 2.24) is 14.6 Å². The molecular weight excluding hydrogens is 228 g/mol. The van der Waals surface area contributed by atoms with Crippen molar-refractivity contribution in [3.63, 3.8) is 0 Å². The van der Waals surface area contributed by atoms with Crippen LogP contribution in [0.25, 0.3) is 5.65 Å². The number of hydrogen-bond donors (Lipinski definition) is 1. The lowest BCUT2D eigenvalue weighted by molar-refractivity contribution is 0.118. The molecule has 2 heterocycles. The predicted octanol–water partition coefficient (Wildman–Crippen LogP) is 2.12. The van der Waals surface area contributed by atoms with Gasteiger partial charge in [-0.15, -0.1) is 0 Å². The standard InChI is InChI=1S/C13H20N4O/c1-10(2)8-18-5-4-14-12-6-11(3)7-13-15-9-16-17(12)13/h6-7,9-10,14H,4-5,8H2,1-3H3. The summed E-state index contributed by atoms with van der Waals surface area (Å²) >= 11 is 0. The zero-order chi connectivity index (χ0) is 13.0. The van der Waals surface area contributed by atoms with E-state index in [0.717, 1.165) is 24.6 Å². The molecule has 2 aromatic rings. The SMILES string of the molecule is Cc1cc(NCCOCC(C)C)n2ncnc2c1. The van der Waals surface area contributed by atoms with Crippen molar-refractivity contribution in [1.29, 1.82) is 0 Å². The fraction of sp³-hybridized carbons (Fsp3) is 0.538. The quantitative estimate of drug-likeness (QED) is 0.796. The second kappa shape index (κ2) is 5.82. The number of fused-ring (bicyclic) bond motifs is 1. The van der Waals surface area contributed by atoms with E-state index in [-0.39, 0.29) is 0 Å². The van der Waals surface area contributed by atoms with E-state index in [1.807, 2.05) is 6.07 Å². The second-order valence-corrected chi connectivity index (χ2v) is 4.84. The average molecular weight is 248 g/mol. The summed E-state index contributed by atoms with van der Waals surface area (Å²) in [4.78, 5) is 4.19. The van der Waals surface area contributed by atoms with Crippen molar-refractivity contribution in [2.75, 3.05) is 25.1 Å². The molecule has 0 spiro atoms. The molecule has 0 aliphatic rings. The van der Waals surface area contributed by atoms with Gasteiger partial charge >= 0.3 is 0 Å². The van der Waals surface area contributed by atoms with E-state index in [0.29, 0.717) is 12.5 Å². The normalized spacial score (nSPS) is 11.3. The molecule has 18 heavy (non-hydrogen) atoms. The van der Waals surface area contributed by atoms with E-state index in [4.69, 9.17) is 4.74 Å². The molecule has 2 rings (SSSR count). The Balaban J connectivity index is 1.93. The minimum atomic E-state index is 0.575. The van der Waals surface area contributed by atoms with Crippen LogP contribution in [0.15, 0.2) is 18.5 Å². The van der Waals surface area contributed by atoms with Gasteiger partial charge in [0.1, 0.15) is 12.1 Å². The average Bonchev–Trinajstić information content (AvgIpc) is 2.75. The van der Waals surface area contributed by atoms with Crippen molar-refractivity contribution in [3.05, 3.63) is 24.0 Å². The Morgan fingerprint density at radius 1 is 1.39 bits per heavy atom. The molecule has 5 nitrogen and oxygen atoms in total. The maximum absolute atomic E-state index is 5.53. The van der Waals surface area contributed by atoms with Gasteiger partial charge in [0.2, 0.25) is 0 Å². The van der Waals surface area contributed by atoms with Gasteiger partial charge in [-0.2, -0.15) is 9.61 Å². The summed E-state index contributed by atoms with van der Waals surface area (Å²) in [6.07, 6.45) is 1.56. The summed E-state index contributed by atoms with van der Waals surface area (Å²) in [7, 11) is 0. The zero-order valence-corrected chi connectivity index (χ0v) is 11.2. The lowest BCUT2D eigenvalue weighted by atomic mass is 10.2. The maximum Gasteiger partial charge on any atom is 0.157 e. The zero-order valence-electron chi connectivity index (χ0n) is 11.2. The number of aryl methyl sites for hydroxylation is 1. The van der Waals surface area contributed by atoms with Crippen LogP contribution in [0.5, 0.6) is 0 Å². The Kier molecular flexibility index (Phi) is 4.15. The first-order valence-corrected chi connectivity index (χ1v) is 6.29. The molecule has 0 atom stereocenters. The number of aromatic nitrogens is 3. The van der Waals surface area contributed by atoms with Crippen LogP contribution in [0.1, 0.15) is 19.4 Å². The molecule has 0 saturated carbocycles. The van der Waals surface area contributed by atoms with E-state index in [2.05, 4.69) is 42.2 Å². The van der Waals surface area contributed by atoms with Gasteiger partial charge in [0.25, 0.3) is 0 Å². The smallest absolute Gasteiger partial charge is 0.157 e. The summed E-state index contributed by atoms with van der Waals surface area (Å²) in [6, 6.07) is 4.07. The lowest BCUT2D eigenvalue weighted by Crippen LogP contribution is -2.14. The van der Waals surface area contributed by atoms with Crippen LogP contribution in [-0.4, -0.2) is 34.4 Å². The third-order valence-corrected chi connectivity index (χ3v) is 2.53. The first-order valence-electron chi connectivity index (χ1n) is 6.29. The highest BCUT2D eigenvalue weighted by Crippen LogP contribution is 2.12. The number of ether oxygens (including phenoxy) is 1. The van der Waals surface area contributed by atoms with Crippen LogP contribution < -0.4 is 5.32 Å². The lowest BCUT2D eigenvalue weighted by Gasteiger charge is -2.10. The fourth-order valence-electron chi connectivity index (χ4n) is 1.75. The Bertz CT molecular complexity index is 507. The molecule has 0 aromatic carbocycles. The molecule has 98 valence electrons.